The lowest BCUT2D eigenvalue weighted by atomic mass is 10.1. The summed E-state index contributed by atoms with van der Waals surface area (Å²) in [6, 6.07) is 11.5. The number of rotatable bonds is 3. The van der Waals surface area contributed by atoms with E-state index in [-0.39, 0.29) is 6.10 Å². The monoisotopic (exact) mass is 247 g/mol. The lowest BCUT2D eigenvalue weighted by Crippen LogP contribution is -2.05. The van der Waals surface area contributed by atoms with Gasteiger partial charge in [-0.3, -0.25) is 4.98 Å². The molecule has 2 rings (SSSR count). The van der Waals surface area contributed by atoms with Crippen LogP contribution in [0.2, 0.25) is 5.02 Å². The van der Waals surface area contributed by atoms with Gasteiger partial charge in [0.15, 0.2) is 0 Å². The summed E-state index contributed by atoms with van der Waals surface area (Å²) in [4.78, 5) is 4.28. The van der Waals surface area contributed by atoms with Crippen molar-refractivity contribution in [1.29, 1.82) is 0 Å². The summed E-state index contributed by atoms with van der Waals surface area (Å²) in [5, 5.41) is 0.692. The van der Waals surface area contributed by atoms with E-state index in [9.17, 15) is 0 Å². The molecule has 88 valence electrons. The lowest BCUT2D eigenvalue weighted by molar-refractivity contribution is 0.242. The van der Waals surface area contributed by atoms with Gasteiger partial charge in [-0.2, -0.15) is 0 Å². The number of hydrogen-bond acceptors (Lipinski definition) is 2. The number of aromatic nitrogens is 1. The molecular weight excluding hydrogens is 234 g/mol. The van der Waals surface area contributed by atoms with E-state index >= 15 is 0 Å². The van der Waals surface area contributed by atoms with Crippen LogP contribution in [-0.4, -0.2) is 11.1 Å². The topological polar surface area (TPSA) is 22.1 Å². The molecule has 0 fully saturated rings. The largest absolute Gasteiger partial charge is 0.491 e. The summed E-state index contributed by atoms with van der Waals surface area (Å²) in [5.41, 5.74) is 1.90. The van der Waals surface area contributed by atoms with E-state index < -0.39 is 0 Å². The average Bonchev–Trinajstić information content (AvgIpc) is 2.29. The highest BCUT2D eigenvalue weighted by Gasteiger charge is 2.01. The molecule has 0 unspecified atom stereocenters. The molecule has 1 aromatic heterocycles. The molecule has 1 aromatic carbocycles. The Morgan fingerprint density at radius 2 is 1.82 bits per heavy atom. The highest BCUT2D eigenvalue weighted by molar-refractivity contribution is 6.30. The summed E-state index contributed by atoms with van der Waals surface area (Å²) in [6.07, 6.45) is 1.89. The number of halogens is 1. The third-order valence-electron chi connectivity index (χ3n) is 2.24. The van der Waals surface area contributed by atoms with Gasteiger partial charge in [-0.25, -0.2) is 0 Å². The molecule has 1 heterocycles. The Bertz CT molecular complexity index is 494. The molecule has 0 radical (unpaired) electrons. The van der Waals surface area contributed by atoms with E-state index in [2.05, 4.69) is 4.98 Å². The van der Waals surface area contributed by atoms with Crippen molar-refractivity contribution in [2.24, 2.45) is 0 Å². The molecular formula is C14H14ClNO. The molecule has 0 atom stereocenters. The Kier molecular flexibility index (Phi) is 3.64. The minimum Gasteiger partial charge on any atom is -0.491 e. The molecule has 0 aliphatic heterocycles. The van der Waals surface area contributed by atoms with Crippen molar-refractivity contribution >= 4 is 11.6 Å². The predicted molar refractivity (Wildman–Crippen MR) is 70.4 cm³/mol. The first kappa shape index (κ1) is 11.9. The Hall–Kier alpha value is -1.54. The fourth-order valence-electron chi connectivity index (χ4n) is 1.54. The van der Waals surface area contributed by atoms with E-state index in [4.69, 9.17) is 16.3 Å². The maximum Gasteiger partial charge on any atom is 0.119 e. The fourth-order valence-corrected chi connectivity index (χ4v) is 1.70. The minimum absolute atomic E-state index is 0.185. The van der Waals surface area contributed by atoms with Crippen molar-refractivity contribution < 1.29 is 4.74 Å². The highest BCUT2D eigenvalue weighted by atomic mass is 35.5. The zero-order valence-electron chi connectivity index (χ0n) is 9.85. The van der Waals surface area contributed by atoms with Crippen molar-refractivity contribution in [2.75, 3.05) is 0 Å². The van der Waals surface area contributed by atoms with Gasteiger partial charge in [0.1, 0.15) is 5.75 Å². The SMILES string of the molecule is CC(C)Oc1ccc(-c2cc(Cl)ccn2)cc1. The van der Waals surface area contributed by atoms with Crippen LogP contribution in [0.1, 0.15) is 13.8 Å². The fraction of sp³-hybridized carbons (Fsp3) is 0.214. The van der Waals surface area contributed by atoms with Crippen LogP contribution >= 0.6 is 11.6 Å². The number of nitrogens with zero attached hydrogens (tertiary/aromatic N) is 1. The summed E-state index contributed by atoms with van der Waals surface area (Å²) in [6.45, 7) is 4.01. The van der Waals surface area contributed by atoms with Crippen LogP contribution in [0.15, 0.2) is 42.6 Å². The van der Waals surface area contributed by atoms with Crippen LogP contribution in [0, 0.1) is 0 Å². The van der Waals surface area contributed by atoms with Gasteiger partial charge in [0.2, 0.25) is 0 Å². The molecule has 17 heavy (non-hydrogen) atoms. The van der Waals surface area contributed by atoms with Crippen molar-refractivity contribution in [3.8, 4) is 17.0 Å². The minimum atomic E-state index is 0.185. The molecule has 0 bridgehead atoms. The first-order valence-corrected chi connectivity index (χ1v) is 5.91. The van der Waals surface area contributed by atoms with Crippen molar-refractivity contribution in [2.45, 2.75) is 20.0 Å². The quantitative estimate of drug-likeness (QED) is 0.811. The number of benzene rings is 1. The molecule has 0 saturated heterocycles. The Morgan fingerprint density at radius 1 is 1.12 bits per heavy atom. The summed E-state index contributed by atoms with van der Waals surface area (Å²) in [5.74, 6) is 0.866. The van der Waals surface area contributed by atoms with Gasteiger partial charge in [-0.1, -0.05) is 11.6 Å². The average molecular weight is 248 g/mol. The summed E-state index contributed by atoms with van der Waals surface area (Å²) < 4.78 is 5.58. The van der Waals surface area contributed by atoms with Crippen molar-refractivity contribution in [1.82, 2.24) is 4.98 Å². The van der Waals surface area contributed by atoms with Gasteiger partial charge >= 0.3 is 0 Å². The van der Waals surface area contributed by atoms with Gasteiger partial charge in [-0.15, -0.1) is 0 Å². The van der Waals surface area contributed by atoms with Crippen LogP contribution in [-0.2, 0) is 0 Å². The Morgan fingerprint density at radius 3 is 2.41 bits per heavy atom. The van der Waals surface area contributed by atoms with Gasteiger partial charge in [0, 0.05) is 16.8 Å². The van der Waals surface area contributed by atoms with Crippen LogP contribution in [0.3, 0.4) is 0 Å². The van der Waals surface area contributed by atoms with E-state index in [0.717, 1.165) is 17.0 Å². The second-order valence-electron chi connectivity index (χ2n) is 4.05. The summed E-state index contributed by atoms with van der Waals surface area (Å²) >= 11 is 5.93. The molecule has 0 N–H and O–H groups in total. The first-order chi connectivity index (χ1) is 8.15. The number of hydrogen-bond donors (Lipinski definition) is 0. The third kappa shape index (κ3) is 3.21. The standard InChI is InChI=1S/C14H14ClNO/c1-10(2)17-13-5-3-11(4-6-13)14-9-12(15)7-8-16-14/h3-10H,1-2H3. The third-order valence-corrected chi connectivity index (χ3v) is 2.48. The smallest absolute Gasteiger partial charge is 0.119 e. The number of ether oxygens (including phenoxy) is 1. The normalized spacial score (nSPS) is 10.6. The molecule has 0 saturated carbocycles. The van der Waals surface area contributed by atoms with Gasteiger partial charge in [0.25, 0.3) is 0 Å². The van der Waals surface area contributed by atoms with Crippen LogP contribution in [0.5, 0.6) is 5.75 Å². The Balaban J connectivity index is 2.23. The number of pyridine rings is 1. The second-order valence-corrected chi connectivity index (χ2v) is 4.49. The first-order valence-electron chi connectivity index (χ1n) is 5.54. The molecule has 0 aliphatic rings. The lowest BCUT2D eigenvalue weighted by Gasteiger charge is -2.09. The zero-order chi connectivity index (χ0) is 12.3. The molecule has 0 aliphatic carbocycles. The van der Waals surface area contributed by atoms with Gasteiger partial charge in [-0.05, 0) is 50.2 Å². The van der Waals surface area contributed by atoms with E-state index in [1.54, 1.807) is 12.3 Å². The van der Waals surface area contributed by atoms with Crippen molar-refractivity contribution in [3.05, 3.63) is 47.6 Å². The molecule has 2 nitrogen and oxygen atoms in total. The van der Waals surface area contributed by atoms with Gasteiger partial charge < -0.3 is 4.74 Å². The van der Waals surface area contributed by atoms with Crippen LogP contribution < -0.4 is 4.74 Å². The zero-order valence-corrected chi connectivity index (χ0v) is 10.6. The van der Waals surface area contributed by atoms with Gasteiger partial charge in [0.05, 0.1) is 11.8 Å². The van der Waals surface area contributed by atoms with Crippen molar-refractivity contribution in [3.63, 3.8) is 0 Å². The summed E-state index contributed by atoms with van der Waals surface area (Å²) in [7, 11) is 0. The Labute approximate surface area is 106 Å². The maximum absolute atomic E-state index is 5.93. The maximum atomic E-state index is 5.93. The predicted octanol–water partition coefficient (Wildman–Crippen LogP) is 4.19. The van der Waals surface area contributed by atoms with E-state index in [1.807, 2.05) is 44.2 Å². The van der Waals surface area contributed by atoms with Crippen LogP contribution in [0.25, 0.3) is 11.3 Å². The highest BCUT2D eigenvalue weighted by Crippen LogP contribution is 2.23. The van der Waals surface area contributed by atoms with E-state index in [1.165, 1.54) is 0 Å². The van der Waals surface area contributed by atoms with E-state index in [0.29, 0.717) is 5.02 Å². The molecule has 3 heteroatoms. The second kappa shape index (κ2) is 5.19. The molecule has 0 spiro atoms. The molecule has 0 amide bonds. The molecule has 2 aromatic rings. The van der Waals surface area contributed by atoms with Crippen LogP contribution in [0.4, 0.5) is 0 Å².